The van der Waals surface area contributed by atoms with Gasteiger partial charge in [-0.3, -0.25) is 14.5 Å². The van der Waals surface area contributed by atoms with Crippen molar-refractivity contribution in [3.05, 3.63) is 30.2 Å². The van der Waals surface area contributed by atoms with Crippen LogP contribution in [-0.4, -0.2) is 89.6 Å². The molecule has 0 unspecified atom stereocenters. The Bertz CT molecular complexity index is 899. The Morgan fingerprint density at radius 3 is 2.31 bits per heavy atom. The molecule has 2 aromatic rings. The highest BCUT2D eigenvalue weighted by Gasteiger charge is 2.25. The van der Waals surface area contributed by atoms with Crippen LogP contribution in [0.1, 0.15) is 31.6 Å². The molecule has 0 spiro atoms. The summed E-state index contributed by atoms with van der Waals surface area (Å²) < 4.78 is 10.5. The molecule has 0 atom stereocenters. The SMILES string of the molecule is COc1ccc(-c2noc(CCC(=O)N3CCN(CC(=O)N4CCCCC4)CC3)n2)cc1. The Labute approximate surface area is 188 Å². The third-order valence-electron chi connectivity index (χ3n) is 6.16. The highest BCUT2D eigenvalue weighted by molar-refractivity contribution is 5.78. The van der Waals surface area contributed by atoms with Crippen molar-refractivity contribution in [2.24, 2.45) is 0 Å². The second-order valence-electron chi connectivity index (χ2n) is 8.34. The standard InChI is InChI=1S/C23H31N5O4/c1-31-19-7-5-18(6-8-19)23-24-20(32-25-23)9-10-21(29)28-15-13-26(14-16-28)17-22(30)27-11-3-2-4-12-27/h5-8H,2-4,9-17H2,1H3. The molecule has 2 aliphatic rings. The van der Waals surface area contributed by atoms with E-state index in [-0.39, 0.29) is 11.8 Å². The molecule has 0 bridgehead atoms. The Hall–Kier alpha value is -2.94. The average Bonchev–Trinajstić information content (AvgIpc) is 3.32. The number of hydrogen-bond acceptors (Lipinski definition) is 7. The van der Waals surface area contributed by atoms with Crippen molar-refractivity contribution in [1.82, 2.24) is 24.8 Å². The molecule has 0 aliphatic carbocycles. The number of piperidine rings is 1. The van der Waals surface area contributed by atoms with E-state index >= 15 is 0 Å². The van der Waals surface area contributed by atoms with Crippen LogP contribution in [0.4, 0.5) is 0 Å². The number of methoxy groups -OCH3 is 1. The van der Waals surface area contributed by atoms with Gasteiger partial charge in [-0.25, -0.2) is 0 Å². The van der Waals surface area contributed by atoms with Gasteiger partial charge in [0.1, 0.15) is 5.75 Å². The summed E-state index contributed by atoms with van der Waals surface area (Å²) >= 11 is 0. The maximum absolute atomic E-state index is 12.6. The molecule has 4 rings (SSSR count). The van der Waals surface area contributed by atoms with Crippen LogP contribution in [0.3, 0.4) is 0 Å². The van der Waals surface area contributed by atoms with Gasteiger partial charge in [-0.15, -0.1) is 0 Å². The van der Waals surface area contributed by atoms with Crippen LogP contribution in [-0.2, 0) is 16.0 Å². The molecule has 0 radical (unpaired) electrons. The fourth-order valence-corrected chi connectivity index (χ4v) is 4.18. The van der Waals surface area contributed by atoms with Crippen LogP contribution in [0.2, 0.25) is 0 Å². The molecular weight excluding hydrogens is 410 g/mol. The zero-order valence-electron chi connectivity index (χ0n) is 18.7. The van der Waals surface area contributed by atoms with Gasteiger partial charge in [0.25, 0.3) is 0 Å². The van der Waals surface area contributed by atoms with Gasteiger partial charge in [0.05, 0.1) is 13.7 Å². The van der Waals surface area contributed by atoms with E-state index < -0.39 is 0 Å². The number of likely N-dealkylation sites (tertiary alicyclic amines) is 1. The number of nitrogens with zero attached hydrogens (tertiary/aromatic N) is 5. The van der Waals surface area contributed by atoms with Crippen LogP contribution in [0.25, 0.3) is 11.4 Å². The zero-order chi connectivity index (χ0) is 22.3. The fraction of sp³-hybridized carbons (Fsp3) is 0.565. The second kappa shape index (κ2) is 10.6. The van der Waals surface area contributed by atoms with Gasteiger partial charge in [-0.1, -0.05) is 5.16 Å². The number of piperazine rings is 1. The maximum atomic E-state index is 12.6. The van der Waals surface area contributed by atoms with Crippen molar-refractivity contribution in [3.63, 3.8) is 0 Å². The molecule has 0 N–H and O–H groups in total. The van der Waals surface area contributed by atoms with Crippen molar-refractivity contribution in [2.75, 3.05) is 52.9 Å². The quantitative estimate of drug-likeness (QED) is 0.647. The third-order valence-corrected chi connectivity index (χ3v) is 6.16. The minimum absolute atomic E-state index is 0.0798. The molecule has 2 aliphatic heterocycles. The largest absolute Gasteiger partial charge is 0.497 e. The van der Waals surface area contributed by atoms with E-state index in [0.29, 0.717) is 44.2 Å². The summed E-state index contributed by atoms with van der Waals surface area (Å²) in [7, 11) is 1.62. The van der Waals surface area contributed by atoms with Crippen LogP contribution in [0.5, 0.6) is 5.75 Å². The Balaban J connectivity index is 1.20. The molecule has 9 heteroatoms. The van der Waals surface area contributed by atoms with Crippen LogP contribution in [0.15, 0.2) is 28.8 Å². The average molecular weight is 442 g/mol. The highest BCUT2D eigenvalue weighted by Crippen LogP contribution is 2.20. The van der Waals surface area contributed by atoms with Crippen LogP contribution >= 0.6 is 0 Å². The lowest BCUT2D eigenvalue weighted by molar-refractivity contribution is -0.135. The molecule has 0 saturated carbocycles. The molecule has 172 valence electrons. The summed E-state index contributed by atoms with van der Waals surface area (Å²) in [5.74, 6) is 2.01. The normalized spacial score (nSPS) is 17.4. The van der Waals surface area contributed by atoms with Gasteiger partial charge in [0, 0.05) is 57.7 Å². The predicted octanol–water partition coefficient (Wildman–Crippen LogP) is 1.83. The van der Waals surface area contributed by atoms with Gasteiger partial charge in [-0.05, 0) is 43.5 Å². The molecule has 1 aromatic carbocycles. The first-order valence-corrected chi connectivity index (χ1v) is 11.4. The summed E-state index contributed by atoms with van der Waals surface area (Å²) in [5, 5.41) is 4.01. The number of carbonyl (C=O) groups excluding carboxylic acids is 2. The lowest BCUT2D eigenvalue weighted by Gasteiger charge is -2.36. The molecule has 2 saturated heterocycles. The van der Waals surface area contributed by atoms with Gasteiger partial charge in [0.15, 0.2) is 0 Å². The summed E-state index contributed by atoms with van der Waals surface area (Å²) in [4.78, 5) is 35.5. The van der Waals surface area contributed by atoms with Gasteiger partial charge in [-0.2, -0.15) is 4.98 Å². The highest BCUT2D eigenvalue weighted by atomic mass is 16.5. The summed E-state index contributed by atoms with van der Waals surface area (Å²) in [5.41, 5.74) is 0.836. The second-order valence-corrected chi connectivity index (χ2v) is 8.34. The van der Waals surface area contributed by atoms with E-state index in [0.717, 1.165) is 50.3 Å². The molecule has 9 nitrogen and oxygen atoms in total. The molecular formula is C23H31N5O4. The maximum Gasteiger partial charge on any atom is 0.236 e. The molecule has 2 fully saturated rings. The van der Waals surface area contributed by atoms with Crippen molar-refractivity contribution in [3.8, 4) is 17.1 Å². The minimum Gasteiger partial charge on any atom is -0.497 e. The van der Waals surface area contributed by atoms with E-state index in [9.17, 15) is 9.59 Å². The molecule has 1 aromatic heterocycles. The van der Waals surface area contributed by atoms with Crippen molar-refractivity contribution < 1.29 is 18.8 Å². The van der Waals surface area contributed by atoms with E-state index in [1.54, 1.807) is 7.11 Å². The summed E-state index contributed by atoms with van der Waals surface area (Å²) in [6.07, 6.45) is 4.18. The number of amides is 2. The third kappa shape index (κ3) is 5.64. The van der Waals surface area contributed by atoms with Crippen molar-refractivity contribution in [2.45, 2.75) is 32.1 Å². The minimum atomic E-state index is 0.0798. The molecule has 3 heterocycles. The number of benzene rings is 1. The molecule has 2 amide bonds. The topological polar surface area (TPSA) is 92.0 Å². The predicted molar refractivity (Wildman–Crippen MR) is 118 cm³/mol. The number of carbonyl (C=O) groups is 2. The fourth-order valence-electron chi connectivity index (χ4n) is 4.18. The Kier molecular flexibility index (Phi) is 7.36. The van der Waals surface area contributed by atoms with Crippen molar-refractivity contribution in [1.29, 1.82) is 0 Å². The van der Waals surface area contributed by atoms with E-state index in [1.807, 2.05) is 34.1 Å². The van der Waals surface area contributed by atoms with Gasteiger partial charge in [0.2, 0.25) is 23.5 Å². The summed E-state index contributed by atoms with van der Waals surface area (Å²) in [6.45, 7) is 4.97. The van der Waals surface area contributed by atoms with Crippen LogP contribution < -0.4 is 4.74 Å². The van der Waals surface area contributed by atoms with Gasteiger partial charge >= 0.3 is 0 Å². The first-order chi connectivity index (χ1) is 15.6. The number of aryl methyl sites for hydroxylation is 1. The van der Waals surface area contributed by atoms with E-state index in [2.05, 4.69) is 15.0 Å². The van der Waals surface area contributed by atoms with Crippen LogP contribution in [0, 0.1) is 0 Å². The number of ether oxygens (including phenoxy) is 1. The lowest BCUT2D eigenvalue weighted by atomic mass is 10.1. The summed E-state index contributed by atoms with van der Waals surface area (Å²) in [6, 6.07) is 7.42. The Morgan fingerprint density at radius 1 is 0.938 bits per heavy atom. The molecule has 32 heavy (non-hydrogen) atoms. The Morgan fingerprint density at radius 2 is 1.62 bits per heavy atom. The van der Waals surface area contributed by atoms with E-state index in [1.165, 1.54) is 6.42 Å². The number of aromatic nitrogens is 2. The first kappa shape index (κ1) is 22.3. The zero-order valence-corrected chi connectivity index (χ0v) is 18.7. The number of hydrogen-bond donors (Lipinski definition) is 0. The lowest BCUT2D eigenvalue weighted by Crippen LogP contribution is -2.52. The van der Waals surface area contributed by atoms with Crippen molar-refractivity contribution >= 4 is 11.8 Å². The monoisotopic (exact) mass is 441 g/mol. The smallest absolute Gasteiger partial charge is 0.236 e. The first-order valence-electron chi connectivity index (χ1n) is 11.4. The van der Waals surface area contributed by atoms with Gasteiger partial charge < -0.3 is 19.1 Å². The number of rotatable bonds is 7. The van der Waals surface area contributed by atoms with E-state index in [4.69, 9.17) is 9.26 Å².